The molecule has 1 unspecified atom stereocenters. The van der Waals surface area contributed by atoms with Gasteiger partial charge < -0.3 is 9.47 Å². The van der Waals surface area contributed by atoms with Gasteiger partial charge in [-0.1, -0.05) is 43.7 Å². The van der Waals surface area contributed by atoms with Crippen molar-refractivity contribution >= 4 is 33.3 Å². The minimum absolute atomic E-state index is 0.0144. The maximum absolute atomic E-state index is 15.3. The maximum Gasteiger partial charge on any atom is 0.272 e. The highest BCUT2D eigenvalue weighted by Gasteiger charge is 2.45. The van der Waals surface area contributed by atoms with Gasteiger partial charge >= 0.3 is 0 Å². The molecule has 0 N–H and O–H groups in total. The monoisotopic (exact) mass is 680 g/mol. The Balaban J connectivity index is 1.56. The number of amides is 2. The fourth-order valence-corrected chi connectivity index (χ4v) is 7.67. The number of methoxy groups -OCH3 is 1. The molecular weight excluding hydrogens is 647 g/mol. The van der Waals surface area contributed by atoms with Gasteiger partial charge in [0.2, 0.25) is 0 Å². The number of ether oxygens (including phenoxy) is 2. The van der Waals surface area contributed by atoms with E-state index >= 15 is 4.39 Å². The molecule has 0 aliphatic carbocycles. The summed E-state index contributed by atoms with van der Waals surface area (Å²) in [6.07, 6.45) is 4.93. The van der Waals surface area contributed by atoms with E-state index in [9.17, 15) is 23.3 Å². The van der Waals surface area contributed by atoms with Crippen molar-refractivity contribution in [2.45, 2.75) is 32.2 Å². The van der Waals surface area contributed by atoms with Crippen LogP contribution in [0.2, 0.25) is 0 Å². The summed E-state index contributed by atoms with van der Waals surface area (Å²) in [5, 5.41) is 15.1. The summed E-state index contributed by atoms with van der Waals surface area (Å²) >= 11 is 0. The standard InChI is InChI=1S/C37H33FN4O6S/c1-3-4-17-48-33-15-12-25(20-32(33)38)35-26(22-41(40-35)27-8-6-5-7-9-27)19-30-34(24-10-13-29(47-2)14-11-24)31(21-39)37(44)42(36(30)43)28-16-18-49(45,46)23-28/h5-15,19-20,22,28H,3-4,16-18,23H2,1-2H3/b30-19-. The molecule has 12 heteroatoms. The predicted octanol–water partition coefficient (Wildman–Crippen LogP) is 5.78. The molecule has 1 saturated heterocycles. The van der Waals surface area contributed by atoms with Crippen molar-refractivity contribution in [2.24, 2.45) is 0 Å². The van der Waals surface area contributed by atoms with Gasteiger partial charge in [-0.3, -0.25) is 14.5 Å². The Kier molecular flexibility index (Phi) is 9.47. The maximum atomic E-state index is 15.3. The molecule has 49 heavy (non-hydrogen) atoms. The predicted molar refractivity (Wildman–Crippen MR) is 182 cm³/mol. The second-order valence-corrected chi connectivity index (χ2v) is 14.0. The summed E-state index contributed by atoms with van der Waals surface area (Å²) in [7, 11) is -1.99. The van der Waals surface area contributed by atoms with Crippen LogP contribution in [0.1, 0.15) is 37.3 Å². The molecule has 250 valence electrons. The number of carbonyl (C=O) groups is 2. The highest BCUT2D eigenvalue weighted by Crippen LogP contribution is 2.39. The highest BCUT2D eigenvalue weighted by molar-refractivity contribution is 7.91. The van der Waals surface area contributed by atoms with Gasteiger partial charge in [0.05, 0.1) is 42.5 Å². The highest BCUT2D eigenvalue weighted by atomic mass is 32.2. The Morgan fingerprint density at radius 2 is 1.78 bits per heavy atom. The summed E-state index contributed by atoms with van der Waals surface area (Å²) in [5.41, 5.74) is 1.97. The third-order valence-corrected chi connectivity index (χ3v) is 10.2. The summed E-state index contributed by atoms with van der Waals surface area (Å²) < 4.78 is 52.7. The van der Waals surface area contributed by atoms with E-state index < -0.39 is 39.3 Å². The first-order chi connectivity index (χ1) is 23.6. The normalized spacial score (nSPS) is 18.2. The second-order valence-electron chi connectivity index (χ2n) is 11.7. The van der Waals surface area contributed by atoms with Crippen molar-refractivity contribution in [1.82, 2.24) is 14.7 Å². The van der Waals surface area contributed by atoms with E-state index in [1.165, 1.54) is 25.3 Å². The van der Waals surface area contributed by atoms with E-state index in [0.717, 1.165) is 17.7 Å². The molecule has 2 amide bonds. The van der Waals surface area contributed by atoms with Gasteiger partial charge in [-0.2, -0.15) is 10.4 Å². The molecule has 4 aromatic rings. The van der Waals surface area contributed by atoms with Gasteiger partial charge in [0.15, 0.2) is 21.4 Å². The summed E-state index contributed by atoms with van der Waals surface area (Å²) in [5.74, 6) is -2.14. The lowest BCUT2D eigenvalue weighted by Gasteiger charge is -2.32. The van der Waals surface area contributed by atoms with Gasteiger partial charge in [-0.05, 0) is 66.9 Å². The minimum Gasteiger partial charge on any atom is -0.497 e. The fourth-order valence-electron chi connectivity index (χ4n) is 5.97. The van der Waals surface area contributed by atoms with Crippen molar-refractivity contribution in [1.29, 1.82) is 5.26 Å². The van der Waals surface area contributed by atoms with E-state index in [4.69, 9.17) is 14.6 Å². The molecule has 2 aliphatic heterocycles. The average molecular weight is 681 g/mol. The Morgan fingerprint density at radius 3 is 2.41 bits per heavy atom. The number of unbranched alkanes of at least 4 members (excludes halogenated alkanes) is 1. The molecule has 3 heterocycles. The van der Waals surface area contributed by atoms with Gasteiger partial charge in [-0.25, -0.2) is 17.5 Å². The van der Waals surface area contributed by atoms with E-state index in [1.807, 2.05) is 43.3 Å². The topological polar surface area (TPSA) is 132 Å². The number of rotatable bonds is 10. The number of nitrogens with zero attached hydrogens (tertiary/aromatic N) is 4. The van der Waals surface area contributed by atoms with Crippen molar-refractivity contribution in [2.75, 3.05) is 25.2 Å². The molecule has 0 spiro atoms. The number of halogens is 1. The number of hydrogen-bond donors (Lipinski definition) is 0. The van der Waals surface area contributed by atoms with Crippen LogP contribution in [0.5, 0.6) is 11.5 Å². The number of carbonyl (C=O) groups excluding carboxylic acids is 2. The zero-order valence-corrected chi connectivity index (χ0v) is 27.7. The smallest absolute Gasteiger partial charge is 0.272 e. The van der Waals surface area contributed by atoms with Crippen molar-refractivity contribution in [3.63, 3.8) is 0 Å². The van der Waals surface area contributed by atoms with Gasteiger partial charge in [0.25, 0.3) is 11.8 Å². The van der Waals surface area contributed by atoms with Crippen LogP contribution in [0.15, 0.2) is 90.1 Å². The Morgan fingerprint density at radius 1 is 1.04 bits per heavy atom. The van der Waals surface area contributed by atoms with Crippen LogP contribution in [-0.2, 0) is 19.4 Å². The summed E-state index contributed by atoms with van der Waals surface area (Å²) in [4.78, 5) is 29.1. The molecular formula is C37H33FN4O6S. The third-order valence-electron chi connectivity index (χ3n) is 8.49. The zero-order chi connectivity index (χ0) is 34.7. The van der Waals surface area contributed by atoms with Gasteiger partial charge in [-0.15, -0.1) is 0 Å². The quantitative estimate of drug-likeness (QED) is 0.117. The molecule has 2 aliphatic rings. The lowest BCUT2D eigenvalue weighted by molar-refractivity contribution is -0.142. The number of hydrogen-bond acceptors (Lipinski definition) is 8. The van der Waals surface area contributed by atoms with E-state index in [1.54, 1.807) is 41.2 Å². The third kappa shape index (κ3) is 6.75. The minimum atomic E-state index is -3.49. The van der Waals surface area contributed by atoms with Crippen LogP contribution in [0.3, 0.4) is 0 Å². The van der Waals surface area contributed by atoms with Crippen molar-refractivity contribution < 1.29 is 31.9 Å². The number of sulfone groups is 1. The molecule has 3 aromatic carbocycles. The Labute approximate surface area is 283 Å². The van der Waals surface area contributed by atoms with Gasteiger partial charge in [0, 0.05) is 22.9 Å². The van der Waals surface area contributed by atoms with Gasteiger partial charge in [0.1, 0.15) is 23.1 Å². The molecule has 1 aromatic heterocycles. The molecule has 0 radical (unpaired) electrons. The first kappa shape index (κ1) is 33.4. The largest absolute Gasteiger partial charge is 0.497 e. The Bertz CT molecular complexity index is 2130. The molecule has 0 bridgehead atoms. The zero-order valence-electron chi connectivity index (χ0n) is 26.9. The lowest BCUT2D eigenvalue weighted by atomic mass is 9.86. The van der Waals surface area contributed by atoms with E-state index in [-0.39, 0.29) is 34.6 Å². The summed E-state index contributed by atoms with van der Waals surface area (Å²) in [6.45, 7) is 2.38. The summed E-state index contributed by atoms with van der Waals surface area (Å²) in [6, 6.07) is 21.3. The fraction of sp³-hybridized carbons (Fsp3) is 0.243. The van der Waals surface area contributed by atoms with E-state index in [0.29, 0.717) is 40.4 Å². The number of aromatic nitrogens is 2. The van der Waals surface area contributed by atoms with Crippen LogP contribution in [0.4, 0.5) is 4.39 Å². The Hall–Kier alpha value is -5.54. The second kappa shape index (κ2) is 13.9. The lowest BCUT2D eigenvalue weighted by Crippen LogP contribution is -2.49. The molecule has 1 fully saturated rings. The van der Waals surface area contributed by atoms with Crippen LogP contribution >= 0.6 is 0 Å². The number of imide groups is 1. The number of benzene rings is 3. The van der Waals surface area contributed by atoms with Crippen LogP contribution in [-0.4, -0.2) is 66.2 Å². The number of para-hydroxylation sites is 1. The first-order valence-electron chi connectivity index (χ1n) is 15.8. The molecule has 1 atom stereocenters. The number of nitriles is 1. The molecule has 6 rings (SSSR count). The van der Waals surface area contributed by atoms with Crippen molar-refractivity contribution in [3.05, 3.63) is 107 Å². The van der Waals surface area contributed by atoms with Crippen LogP contribution in [0, 0.1) is 17.1 Å². The molecule has 0 saturated carbocycles. The van der Waals surface area contributed by atoms with Crippen LogP contribution in [0.25, 0.3) is 28.6 Å². The average Bonchev–Trinajstić information content (AvgIpc) is 3.69. The SMILES string of the molecule is CCCCOc1ccc(-c2nn(-c3ccccc3)cc2/C=C2\C(=O)N(C3CCS(=O)(=O)C3)C(=O)C(C#N)=C2c2ccc(OC)cc2)cc1F. The first-order valence-corrected chi connectivity index (χ1v) is 17.6. The van der Waals surface area contributed by atoms with Crippen LogP contribution < -0.4 is 9.47 Å². The van der Waals surface area contributed by atoms with E-state index in [2.05, 4.69) is 0 Å². The van der Waals surface area contributed by atoms with Crippen molar-refractivity contribution in [3.8, 4) is 34.5 Å². The molecule has 10 nitrogen and oxygen atoms in total.